The van der Waals surface area contributed by atoms with E-state index >= 15 is 0 Å². The molecule has 0 aromatic carbocycles. The Hall–Kier alpha value is -0.0431. The predicted octanol–water partition coefficient (Wildman–Crippen LogP) is 11.9. The molecule has 1 unspecified atom stereocenters. The Balaban J connectivity index is 4.78. The number of hydrogen-bond acceptors (Lipinski definition) is 0. The van der Waals surface area contributed by atoms with Crippen LogP contribution in [-0.2, 0) is 0 Å². The Kier molecular flexibility index (Phi) is 24.6. The molecule has 0 aliphatic heterocycles. The molecule has 0 saturated heterocycles. The molecule has 186 valence electrons. The van der Waals surface area contributed by atoms with Gasteiger partial charge in [-0.1, -0.05) is 174 Å². The molecule has 0 bridgehead atoms. The van der Waals surface area contributed by atoms with Gasteiger partial charge in [0.25, 0.3) is 0 Å². The number of rotatable bonds is 25. The Morgan fingerprint density at radius 1 is 0.387 bits per heavy atom. The third-order valence-electron chi connectivity index (χ3n) is 7.37. The molecule has 0 aliphatic rings. The molecule has 0 spiro atoms. The van der Waals surface area contributed by atoms with E-state index in [0.717, 1.165) is 0 Å². The summed E-state index contributed by atoms with van der Waals surface area (Å²) in [5, 5.41) is 0. The van der Waals surface area contributed by atoms with Gasteiger partial charge in [-0.2, -0.15) is 0 Å². The summed E-state index contributed by atoms with van der Waals surface area (Å²) in [6, 6.07) is 6.36. The van der Waals surface area contributed by atoms with Crippen molar-refractivity contribution >= 4 is 8.07 Å². The monoisotopic (exact) mass is 450 g/mol. The van der Waals surface area contributed by atoms with Gasteiger partial charge in [-0.25, -0.2) is 0 Å². The molecule has 0 amide bonds. The lowest BCUT2D eigenvalue weighted by Crippen LogP contribution is -2.33. The van der Waals surface area contributed by atoms with Crippen LogP contribution in [0.1, 0.15) is 156 Å². The highest BCUT2D eigenvalue weighted by Gasteiger charge is 2.29. The molecule has 0 aromatic heterocycles. The van der Waals surface area contributed by atoms with Crippen LogP contribution in [0.15, 0.2) is 12.2 Å². The van der Waals surface area contributed by atoms with Gasteiger partial charge in [-0.15, -0.1) is 0 Å². The lowest BCUT2D eigenvalue weighted by atomic mass is 10.1. The van der Waals surface area contributed by atoms with E-state index in [1.807, 2.05) is 0 Å². The van der Waals surface area contributed by atoms with Gasteiger partial charge in [0, 0.05) is 0 Å². The van der Waals surface area contributed by atoms with Gasteiger partial charge in [0.05, 0.1) is 8.07 Å². The summed E-state index contributed by atoms with van der Waals surface area (Å²) in [4.78, 5) is 0. The molecular weight excluding hydrogens is 388 g/mol. The fraction of sp³-hybridized carbons (Fsp3) is 0.933. The Morgan fingerprint density at radius 2 is 0.742 bits per heavy atom. The van der Waals surface area contributed by atoms with E-state index in [1.54, 1.807) is 18.1 Å². The van der Waals surface area contributed by atoms with Crippen LogP contribution in [-0.4, -0.2) is 8.07 Å². The third-order valence-corrected chi connectivity index (χ3v) is 12.7. The lowest BCUT2D eigenvalue weighted by Gasteiger charge is -2.32. The van der Waals surface area contributed by atoms with E-state index in [0.29, 0.717) is 0 Å². The second-order valence-electron chi connectivity index (χ2n) is 10.5. The van der Waals surface area contributed by atoms with Gasteiger partial charge in [-0.3, -0.25) is 0 Å². The van der Waals surface area contributed by atoms with Crippen molar-refractivity contribution in [3.63, 3.8) is 0 Å². The first kappa shape index (κ1) is 31.0. The van der Waals surface area contributed by atoms with E-state index in [4.69, 9.17) is 0 Å². The first-order valence-electron chi connectivity index (χ1n) is 14.9. The van der Waals surface area contributed by atoms with Gasteiger partial charge >= 0.3 is 0 Å². The third kappa shape index (κ3) is 20.3. The SMILES string of the molecule is CCCCCC/C=C/C[Si](CCCCCC)(CCCCCCC)CCCCCCCC. The molecular formula is C30H62Si. The van der Waals surface area contributed by atoms with Crippen molar-refractivity contribution in [2.75, 3.05) is 0 Å². The fourth-order valence-corrected chi connectivity index (χ4v) is 10.2. The molecule has 0 nitrogen and oxygen atoms in total. The van der Waals surface area contributed by atoms with E-state index in [-0.39, 0.29) is 0 Å². The molecule has 1 atom stereocenters. The molecule has 0 aliphatic carbocycles. The second kappa shape index (κ2) is 24.6. The molecule has 0 heterocycles. The summed E-state index contributed by atoms with van der Waals surface area (Å²) < 4.78 is 0. The van der Waals surface area contributed by atoms with Gasteiger partial charge in [0.15, 0.2) is 0 Å². The van der Waals surface area contributed by atoms with Gasteiger partial charge in [0.2, 0.25) is 0 Å². The Labute approximate surface area is 200 Å². The lowest BCUT2D eigenvalue weighted by molar-refractivity contribution is 0.616. The summed E-state index contributed by atoms with van der Waals surface area (Å²) in [7, 11) is -1.14. The Bertz CT molecular complexity index is 361. The largest absolute Gasteiger partial charge is 0.0912 e. The summed E-state index contributed by atoms with van der Waals surface area (Å²) >= 11 is 0. The summed E-state index contributed by atoms with van der Waals surface area (Å²) in [6.45, 7) is 9.35. The molecule has 1 heteroatoms. The average molecular weight is 451 g/mol. The molecule has 0 aromatic rings. The van der Waals surface area contributed by atoms with Crippen LogP contribution in [0.25, 0.3) is 0 Å². The van der Waals surface area contributed by atoms with E-state index < -0.39 is 8.07 Å². The molecule has 0 saturated carbocycles. The van der Waals surface area contributed by atoms with Crippen LogP contribution in [0.2, 0.25) is 24.2 Å². The highest BCUT2D eigenvalue weighted by atomic mass is 28.3. The predicted molar refractivity (Wildman–Crippen MR) is 149 cm³/mol. The maximum Gasteiger partial charge on any atom is 0.0573 e. The summed E-state index contributed by atoms with van der Waals surface area (Å²) in [5.41, 5.74) is 0. The zero-order valence-corrected chi connectivity index (χ0v) is 23.6. The highest BCUT2D eigenvalue weighted by Crippen LogP contribution is 2.34. The quantitative estimate of drug-likeness (QED) is 0.0736. The topological polar surface area (TPSA) is 0 Å². The first-order chi connectivity index (χ1) is 15.2. The van der Waals surface area contributed by atoms with Crippen molar-refractivity contribution in [2.45, 2.75) is 180 Å². The van der Waals surface area contributed by atoms with Crippen molar-refractivity contribution in [3.05, 3.63) is 12.2 Å². The van der Waals surface area contributed by atoms with Crippen LogP contribution >= 0.6 is 0 Å². The first-order valence-corrected chi connectivity index (χ1v) is 17.7. The van der Waals surface area contributed by atoms with Gasteiger partial charge < -0.3 is 0 Å². The standard InChI is InChI=1S/C30H62Si/c1-5-9-13-17-19-22-26-30-31(27-23-16-12-8-4,28-24-20-15-11-7-3)29-25-21-18-14-10-6-2/h22,26H,5-21,23-25,27-30H2,1-4H3/b26-22+. The minimum atomic E-state index is -1.14. The van der Waals surface area contributed by atoms with Crippen LogP contribution in [0.3, 0.4) is 0 Å². The number of hydrogen-bond donors (Lipinski definition) is 0. The molecule has 0 radical (unpaired) electrons. The van der Waals surface area contributed by atoms with Crippen molar-refractivity contribution in [1.29, 1.82) is 0 Å². The maximum atomic E-state index is 2.67. The highest BCUT2D eigenvalue weighted by molar-refractivity contribution is 6.80. The minimum absolute atomic E-state index is 1.14. The van der Waals surface area contributed by atoms with Crippen LogP contribution in [0.4, 0.5) is 0 Å². The molecule has 31 heavy (non-hydrogen) atoms. The second-order valence-corrected chi connectivity index (χ2v) is 15.4. The zero-order valence-electron chi connectivity index (χ0n) is 22.6. The molecule has 0 fully saturated rings. The summed E-state index contributed by atoms with van der Waals surface area (Å²) in [6.07, 6.45) is 34.1. The van der Waals surface area contributed by atoms with Crippen LogP contribution in [0, 0.1) is 0 Å². The van der Waals surface area contributed by atoms with E-state index in [9.17, 15) is 0 Å². The number of unbranched alkanes of at least 4 members (excludes halogenated alkanes) is 16. The van der Waals surface area contributed by atoms with Crippen molar-refractivity contribution in [3.8, 4) is 0 Å². The maximum absolute atomic E-state index is 2.67. The van der Waals surface area contributed by atoms with E-state index in [1.165, 1.54) is 134 Å². The zero-order chi connectivity index (χ0) is 22.9. The average Bonchev–Trinajstić information content (AvgIpc) is 2.78. The normalized spacial score (nSPS) is 13.8. The smallest absolute Gasteiger partial charge is 0.0573 e. The molecule has 0 N–H and O–H groups in total. The number of allylic oxidation sites excluding steroid dienone is 2. The van der Waals surface area contributed by atoms with Crippen molar-refractivity contribution < 1.29 is 0 Å². The summed E-state index contributed by atoms with van der Waals surface area (Å²) in [5.74, 6) is 0. The molecule has 0 rings (SSSR count). The van der Waals surface area contributed by atoms with Crippen LogP contribution < -0.4 is 0 Å². The van der Waals surface area contributed by atoms with Gasteiger partial charge in [-0.05, 0) is 18.9 Å². The Morgan fingerprint density at radius 3 is 1.19 bits per heavy atom. The van der Waals surface area contributed by atoms with Gasteiger partial charge in [0.1, 0.15) is 0 Å². The van der Waals surface area contributed by atoms with Crippen LogP contribution in [0.5, 0.6) is 0 Å². The fourth-order valence-electron chi connectivity index (χ4n) is 5.13. The van der Waals surface area contributed by atoms with E-state index in [2.05, 4.69) is 39.8 Å². The van der Waals surface area contributed by atoms with Crippen molar-refractivity contribution in [1.82, 2.24) is 0 Å². The minimum Gasteiger partial charge on any atom is -0.0912 e. The van der Waals surface area contributed by atoms with Crippen molar-refractivity contribution in [2.24, 2.45) is 0 Å².